The van der Waals surface area contributed by atoms with Gasteiger partial charge in [0.15, 0.2) is 0 Å². The summed E-state index contributed by atoms with van der Waals surface area (Å²) in [5.41, 5.74) is -0.0849. The largest absolute Gasteiger partial charge is 0.370 e. The van der Waals surface area contributed by atoms with E-state index < -0.39 is 0 Å². The standard InChI is InChI=1S/C12H20N4O/c1-2-10-15-11(8-12(17)16-10)14-7-5-9-4-3-6-13-9/h8-9,13H,2-7H2,1H3,(H2,14,15,16,17)/t9-/m1/s1. The molecule has 1 fully saturated rings. The summed E-state index contributed by atoms with van der Waals surface area (Å²) < 4.78 is 0. The van der Waals surface area contributed by atoms with Crippen molar-refractivity contribution in [3.8, 4) is 0 Å². The molecule has 17 heavy (non-hydrogen) atoms. The zero-order valence-corrected chi connectivity index (χ0v) is 10.3. The highest BCUT2D eigenvalue weighted by Crippen LogP contribution is 2.09. The van der Waals surface area contributed by atoms with Crippen LogP contribution >= 0.6 is 0 Å². The summed E-state index contributed by atoms with van der Waals surface area (Å²) in [5.74, 6) is 1.42. The van der Waals surface area contributed by atoms with E-state index in [2.05, 4.69) is 20.6 Å². The summed E-state index contributed by atoms with van der Waals surface area (Å²) in [6, 6.07) is 2.14. The van der Waals surface area contributed by atoms with Crippen molar-refractivity contribution in [3.05, 3.63) is 22.2 Å². The number of anilines is 1. The van der Waals surface area contributed by atoms with Crippen LogP contribution in [0.2, 0.25) is 0 Å². The minimum Gasteiger partial charge on any atom is -0.370 e. The lowest BCUT2D eigenvalue weighted by molar-refractivity contribution is 0.574. The number of nitrogens with one attached hydrogen (secondary N) is 3. The van der Waals surface area contributed by atoms with Gasteiger partial charge in [-0.15, -0.1) is 0 Å². The van der Waals surface area contributed by atoms with Crippen molar-refractivity contribution in [1.29, 1.82) is 0 Å². The molecule has 0 aromatic carbocycles. The molecular weight excluding hydrogens is 216 g/mol. The summed E-state index contributed by atoms with van der Waals surface area (Å²) in [7, 11) is 0. The van der Waals surface area contributed by atoms with Crippen LogP contribution in [0.5, 0.6) is 0 Å². The second-order valence-electron chi connectivity index (χ2n) is 4.44. The highest BCUT2D eigenvalue weighted by atomic mass is 16.1. The maximum Gasteiger partial charge on any atom is 0.252 e. The minimum absolute atomic E-state index is 0.0849. The number of hydrogen-bond acceptors (Lipinski definition) is 4. The lowest BCUT2D eigenvalue weighted by Gasteiger charge is -2.11. The number of hydrogen-bond donors (Lipinski definition) is 3. The molecular formula is C12H20N4O. The third kappa shape index (κ3) is 3.56. The minimum atomic E-state index is -0.0849. The van der Waals surface area contributed by atoms with Gasteiger partial charge in [-0.2, -0.15) is 0 Å². The first-order valence-corrected chi connectivity index (χ1v) is 6.35. The van der Waals surface area contributed by atoms with E-state index in [-0.39, 0.29) is 5.56 Å². The average Bonchev–Trinajstić information content (AvgIpc) is 2.81. The quantitative estimate of drug-likeness (QED) is 0.710. The van der Waals surface area contributed by atoms with Gasteiger partial charge < -0.3 is 15.6 Å². The monoisotopic (exact) mass is 236 g/mol. The second-order valence-corrected chi connectivity index (χ2v) is 4.44. The van der Waals surface area contributed by atoms with E-state index in [1.165, 1.54) is 18.9 Å². The summed E-state index contributed by atoms with van der Waals surface area (Å²) in [6.45, 7) is 3.97. The summed E-state index contributed by atoms with van der Waals surface area (Å²) in [6.07, 6.45) is 4.35. The number of aryl methyl sites for hydroxylation is 1. The summed E-state index contributed by atoms with van der Waals surface area (Å²) >= 11 is 0. The molecule has 94 valence electrons. The Morgan fingerprint density at radius 2 is 2.47 bits per heavy atom. The van der Waals surface area contributed by atoms with Gasteiger partial charge in [-0.05, 0) is 25.8 Å². The smallest absolute Gasteiger partial charge is 0.252 e. The van der Waals surface area contributed by atoms with Crippen molar-refractivity contribution < 1.29 is 0 Å². The first-order chi connectivity index (χ1) is 8.28. The topological polar surface area (TPSA) is 69.8 Å². The van der Waals surface area contributed by atoms with E-state index in [1.807, 2.05) is 6.92 Å². The molecule has 1 aliphatic heterocycles. The van der Waals surface area contributed by atoms with Crippen LogP contribution in [0.25, 0.3) is 0 Å². The third-order valence-electron chi connectivity index (χ3n) is 3.09. The van der Waals surface area contributed by atoms with E-state index in [0.29, 0.717) is 11.9 Å². The Balaban J connectivity index is 1.85. The van der Waals surface area contributed by atoms with Crippen LogP contribution in [0.15, 0.2) is 10.9 Å². The van der Waals surface area contributed by atoms with E-state index in [0.717, 1.165) is 31.8 Å². The van der Waals surface area contributed by atoms with E-state index >= 15 is 0 Å². The predicted molar refractivity (Wildman–Crippen MR) is 68.4 cm³/mol. The molecule has 1 aromatic heterocycles. The molecule has 2 rings (SSSR count). The van der Waals surface area contributed by atoms with E-state index in [1.54, 1.807) is 0 Å². The Morgan fingerprint density at radius 1 is 1.59 bits per heavy atom. The molecule has 0 saturated carbocycles. The highest BCUT2D eigenvalue weighted by Gasteiger charge is 2.12. The zero-order chi connectivity index (χ0) is 12.1. The SMILES string of the molecule is CCc1nc(NCC[C@H]2CCCN2)cc(=O)[nH]1. The fraction of sp³-hybridized carbons (Fsp3) is 0.667. The van der Waals surface area contributed by atoms with Crippen LogP contribution in [0, 0.1) is 0 Å². The Kier molecular flexibility index (Phi) is 4.14. The molecule has 5 heteroatoms. The molecule has 5 nitrogen and oxygen atoms in total. The van der Waals surface area contributed by atoms with E-state index in [9.17, 15) is 4.79 Å². The average molecular weight is 236 g/mol. The molecule has 0 aliphatic carbocycles. The van der Waals surface area contributed by atoms with Crippen molar-refractivity contribution in [1.82, 2.24) is 15.3 Å². The second kappa shape index (κ2) is 5.82. The van der Waals surface area contributed by atoms with Gasteiger partial charge in [-0.3, -0.25) is 4.79 Å². The molecule has 0 spiro atoms. The zero-order valence-electron chi connectivity index (χ0n) is 10.3. The maximum absolute atomic E-state index is 11.3. The number of aromatic amines is 1. The molecule has 1 aliphatic rings. The number of rotatable bonds is 5. The fourth-order valence-electron chi connectivity index (χ4n) is 2.14. The lowest BCUT2D eigenvalue weighted by Crippen LogP contribution is -2.24. The summed E-state index contributed by atoms with van der Waals surface area (Å²) in [5, 5.41) is 6.66. The Labute approximate surface area is 101 Å². The van der Waals surface area contributed by atoms with Crippen molar-refractivity contribution >= 4 is 5.82 Å². The van der Waals surface area contributed by atoms with Gasteiger partial charge in [0.2, 0.25) is 0 Å². The maximum atomic E-state index is 11.3. The van der Waals surface area contributed by atoms with Crippen molar-refractivity contribution in [2.45, 2.75) is 38.6 Å². The molecule has 0 radical (unpaired) electrons. The van der Waals surface area contributed by atoms with Gasteiger partial charge in [0.25, 0.3) is 5.56 Å². The first kappa shape index (κ1) is 12.1. The molecule has 0 unspecified atom stereocenters. The van der Waals surface area contributed by atoms with Gasteiger partial charge in [0.1, 0.15) is 11.6 Å². The van der Waals surface area contributed by atoms with Crippen LogP contribution < -0.4 is 16.2 Å². The molecule has 2 heterocycles. The molecule has 1 aromatic rings. The lowest BCUT2D eigenvalue weighted by atomic mass is 10.1. The van der Waals surface area contributed by atoms with Crippen molar-refractivity contribution in [2.75, 3.05) is 18.4 Å². The number of H-pyrrole nitrogens is 1. The normalized spacial score (nSPS) is 19.5. The molecule has 0 amide bonds. The van der Waals surface area contributed by atoms with Crippen LogP contribution in [0.4, 0.5) is 5.82 Å². The van der Waals surface area contributed by atoms with Gasteiger partial charge in [-0.1, -0.05) is 6.92 Å². The molecule has 1 saturated heterocycles. The van der Waals surface area contributed by atoms with Gasteiger partial charge in [0.05, 0.1) is 0 Å². The number of aromatic nitrogens is 2. The fourth-order valence-corrected chi connectivity index (χ4v) is 2.14. The molecule has 0 bridgehead atoms. The third-order valence-corrected chi connectivity index (χ3v) is 3.09. The van der Waals surface area contributed by atoms with E-state index in [4.69, 9.17) is 0 Å². The van der Waals surface area contributed by atoms with Crippen LogP contribution in [0.1, 0.15) is 32.0 Å². The van der Waals surface area contributed by atoms with Gasteiger partial charge in [-0.25, -0.2) is 4.98 Å². The Hall–Kier alpha value is -1.36. The molecule has 1 atom stereocenters. The van der Waals surface area contributed by atoms with Crippen LogP contribution in [-0.4, -0.2) is 29.1 Å². The summed E-state index contributed by atoms with van der Waals surface area (Å²) in [4.78, 5) is 18.4. The highest BCUT2D eigenvalue weighted by molar-refractivity contribution is 5.32. The Morgan fingerprint density at radius 3 is 3.18 bits per heavy atom. The van der Waals surface area contributed by atoms with Gasteiger partial charge >= 0.3 is 0 Å². The predicted octanol–water partition coefficient (Wildman–Crippen LogP) is 0.886. The van der Waals surface area contributed by atoms with Gasteiger partial charge in [0, 0.05) is 25.1 Å². The number of nitrogens with zero attached hydrogens (tertiary/aromatic N) is 1. The molecule has 3 N–H and O–H groups in total. The van der Waals surface area contributed by atoms with Crippen LogP contribution in [0.3, 0.4) is 0 Å². The first-order valence-electron chi connectivity index (χ1n) is 6.35. The van der Waals surface area contributed by atoms with Crippen molar-refractivity contribution in [2.24, 2.45) is 0 Å². The van der Waals surface area contributed by atoms with Crippen LogP contribution in [-0.2, 0) is 6.42 Å². The van der Waals surface area contributed by atoms with Crippen molar-refractivity contribution in [3.63, 3.8) is 0 Å². The Bertz CT molecular complexity index is 409.